The summed E-state index contributed by atoms with van der Waals surface area (Å²) in [5.41, 5.74) is 1.28. The van der Waals surface area contributed by atoms with Gasteiger partial charge in [-0.1, -0.05) is 0 Å². The maximum absolute atomic E-state index is 12.3. The normalized spacial score (nSPS) is 11.4. The summed E-state index contributed by atoms with van der Waals surface area (Å²) in [5.74, 6) is -0.277. The average molecular weight is 246 g/mol. The number of rotatable bonds is 5. The van der Waals surface area contributed by atoms with Crippen molar-refractivity contribution in [1.29, 1.82) is 5.26 Å². The Morgan fingerprint density at radius 3 is 2.94 bits per heavy atom. The van der Waals surface area contributed by atoms with Gasteiger partial charge in [0.2, 0.25) is 0 Å². The third-order valence-electron chi connectivity index (χ3n) is 2.70. The maximum Gasteiger partial charge on any atom is 0.257 e. The predicted molar refractivity (Wildman–Crippen MR) is 70.1 cm³/mol. The van der Waals surface area contributed by atoms with Crippen LogP contribution in [0.5, 0.6) is 0 Å². The minimum atomic E-state index is -0.177. The first-order valence-corrected chi connectivity index (χ1v) is 5.94. The molecule has 5 nitrogen and oxygen atoms in total. The molecule has 1 aromatic heterocycles. The van der Waals surface area contributed by atoms with Crippen LogP contribution < -0.4 is 5.32 Å². The molecule has 1 aromatic rings. The lowest BCUT2D eigenvalue weighted by Crippen LogP contribution is -2.34. The zero-order valence-corrected chi connectivity index (χ0v) is 11.0. The van der Waals surface area contributed by atoms with Crippen molar-refractivity contribution >= 4 is 11.6 Å². The topological polar surface area (TPSA) is 69.0 Å². The quantitative estimate of drug-likeness (QED) is 0.859. The summed E-state index contributed by atoms with van der Waals surface area (Å²) < 4.78 is 0. The number of hydrogen-bond acceptors (Lipinski definition) is 4. The van der Waals surface area contributed by atoms with E-state index in [1.54, 1.807) is 37.3 Å². The van der Waals surface area contributed by atoms with Crippen molar-refractivity contribution in [3.05, 3.63) is 24.0 Å². The number of hydrogen-bond donors (Lipinski definition) is 1. The number of carbonyl (C=O) groups excluding carboxylic acids is 1. The Kier molecular flexibility index (Phi) is 5.12. The molecule has 0 aliphatic rings. The van der Waals surface area contributed by atoms with Crippen LogP contribution in [0.4, 0.5) is 5.69 Å². The molecule has 0 radical (unpaired) electrons. The fraction of sp³-hybridized carbons (Fsp3) is 0.462. The zero-order valence-electron chi connectivity index (χ0n) is 11.0. The summed E-state index contributed by atoms with van der Waals surface area (Å²) >= 11 is 0. The number of nitriles is 1. The van der Waals surface area contributed by atoms with E-state index in [2.05, 4.69) is 16.4 Å². The van der Waals surface area contributed by atoms with Gasteiger partial charge in [-0.2, -0.15) is 5.26 Å². The van der Waals surface area contributed by atoms with Crippen molar-refractivity contribution in [2.75, 3.05) is 25.5 Å². The van der Waals surface area contributed by atoms with Crippen LogP contribution in [0.2, 0.25) is 0 Å². The lowest BCUT2D eigenvalue weighted by Gasteiger charge is -2.22. The second kappa shape index (κ2) is 6.60. The van der Waals surface area contributed by atoms with E-state index in [0.717, 1.165) is 5.69 Å². The molecule has 1 rings (SSSR count). The molecule has 5 heteroatoms. The van der Waals surface area contributed by atoms with Gasteiger partial charge in [0.25, 0.3) is 5.91 Å². The lowest BCUT2D eigenvalue weighted by atomic mass is 10.1. The van der Waals surface area contributed by atoms with Crippen molar-refractivity contribution in [1.82, 2.24) is 9.88 Å². The van der Waals surface area contributed by atoms with Gasteiger partial charge in [-0.25, -0.2) is 0 Å². The Bertz CT molecular complexity index is 453. The molecule has 1 amide bonds. The molecule has 1 heterocycles. The molecule has 1 unspecified atom stereocenters. The Hall–Kier alpha value is -2.09. The second-order valence-corrected chi connectivity index (χ2v) is 4.05. The van der Waals surface area contributed by atoms with Gasteiger partial charge in [-0.05, 0) is 19.9 Å². The molecule has 0 saturated heterocycles. The molecule has 0 aromatic carbocycles. The highest BCUT2D eigenvalue weighted by atomic mass is 16.2. The molecule has 1 atom stereocenters. The number of carbonyl (C=O) groups is 1. The first kappa shape index (κ1) is 14.0. The number of anilines is 1. The lowest BCUT2D eigenvalue weighted by molar-refractivity contribution is 0.0753. The average Bonchev–Trinajstić information content (AvgIpc) is 2.43. The summed E-state index contributed by atoms with van der Waals surface area (Å²) in [6.45, 7) is 4.71. The van der Waals surface area contributed by atoms with Crippen molar-refractivity contribution in [2.45, 2.75) is 13.8 Å². The molecule has 0 fully saturated rings. The maximum atomic E-state index is 12.3. The van der Waals surface area contributed by atoms with E-state index in [0.29, 0.717) is 18.7 Å². The van der Waals surface area contributed by atoms with E-state index < -0.39 is 0 Å². The summed E-state index contributed by atoms with van der Waals surface area (Å²) in [7, 11) is 1.76. The number of amides is 1. The Labute approximate surface area is 107 Å². The third kappa shape index (κ3) is 3.20. The highest BCUT2D eigenvalue weighted by Crippen LogP contribution is 2.15. The van der Waals surface area contributed by atoms with Gasteiger partial charge in [0.1, 0.15) is 0 Å². The van der Waals surface area contributed by atoms with E-state index in [-0.39, 0.29) is 11.8 Å². The number of aromatic nitrogens is 1. The largest absolute Gasteiger partial charge is 0.387 e. The Morgan fingerprint density at radius 1 is 1.67 bits per heavy atom. The molecule has 0 spiro atoms. The summed E-state index contributed by atoms with van der Waals surface area (Å²) in [6, 6.07) is 3.90. The first-order chi connectivity index (χ1) is 8.63. The van der Waals surface area contributed by atoms with E-state index in [1.165, 1.54) is 0 Å². The monoisotopic (exact) mass is 246 g/mol. The van der Waals surface area contributed by atoms with E-state index >= 15 is 0 Å². The van der Waals surface area contributed by atoms with Crippen molar-refractivity contribution in [3.63, 3.8) is 0 Å². The summed E-state index contributed by atoms with van der Waals surface area (Å²) in [5, 5.41) is 11.8. The zero-order chi connectivity index (χ0) is 13.5. The molecule has 0 aliphatic heterocycles. The molecular formula is C13H18N4O. The molecule has 18 heavy (non-hydrogen) atoms. The van der Waals surface area contributed by atoms with Gasteiger partial charge in [0, 0.05) is 38.2 Å². The minimum absolute atomic E-state index is 0.1000. The molecular weight excluding hydrogens is 228 g/mol. The van der Waals surface area contributed by atoms with Crippen molar-refractivity contribution in [2.24, 2.45) is 5.92 Å². The van der Waals surface area contributed by atoms with Crippen LogP contribution >= 0.6 is 0 Å². The molecule has 0 bridgehead atoms. The smallest absolute Gasteiger partial charge is 0.257 e. The number of nitrogens with one attached hydrogen (secondary N) is 1. The Balaban J connectivity index is 2.93. The number of pyridine rings is 1. The fourth-order valence-electron chi connectivity index (χ4n) is 1.68. The third-order valence-corrected chi connectivity index (χ3v) is 2.70. The predicted octanol–water partition coefficient (Wildman–Crippen LogP) is 1.75. The van der Waals surface area contributed by atoms with Gasteiger partial charge in [-0.15, -0.1) is 0 Å². The van der Waals surface area contributed by atoms with Crippen LogP contribution in [0.3, 0.4) is 0 Å². The van der Waals surface area contributed by atoms with E-state index in [1.807, 2.05) is 6.92 Å². The van der Waals surface area contributed by atoms with E-state index in [9.17, 15) is 4.79 Å². The highest BCUT2D eigenvalue weighted by molar-refractivity contribution is 5.99. The van der Waals surface area contributed by atoms with Crippen LogP contribution in [0.1, 0.15) is 24.2 Å². The Morgan fingerprint density at radius 2 is 2.39 bits per heavy atom. The second-order valence-electron chi connectivity index (χ2n) is 4.05. The molecule has 0 saturated carbocycles. The first-order valence-electron chi connectivity index (χ1n) is 5.94. The van der Waals surface area contributed by atoms with Gasteiger partial charge < -0.3 is 10.2 Å². The van der Waals surface area contributed by atoms with Crippen LogP contribution in [0.15, 0.2) is 18.5 Å². The van der Waals surface area contributed by atoms with Crippen molar-refractivity contribution in [3.8, 4) is 6.07 Å². The van der Waals surface area contributed by atoms with Gasteiger partial charge in [0.05, 0.1) is 17.6 Å². The van der Waals surface area contributed by atoms with Crippen LogP contribution in [-0.2, 0) is 0 Å². The SMILES string of the molecule is CCN(CC(C)C#N)C(=O)c1cnccc1NC. The van der Waals surface area contributed by atoms with Crippen molar-refractivity contribution < 1.29 is 4.79 Å². The minimum Gasteiger partial charge on any atom is -0.387 e. The highest BCUT2D eigenvalue weighted by Gasteiger charge is 2.19. The van der Waals surface area contributed by atoms with Crippen LogP contribution in [0.25, 0.3) is 0 Å². The summed E-state index contributed by atoms with van der Waals surface area (Å²) in [4.78, 5) is 18.0. The van der Waals surface area contributed by atoms with Crippen LogP contribution in [-0.4, -0.2) is 35.9 Å². The van der Waals surface area contributed by atoms with E-state index in [4.69, 9.17) is 5.26 Å². The van der Waals surface area contributed by atoms with Gasteiger partial charge in [0.15, 0.2) is 0 Å². The molecule has 0 aliphatic carbocycles. The fourth-order valence-corrected chi connectivity index (χ4v) is 1.68. The number of nitrogens with zero attached hydrogens (tertiary/aromatic N) is 3. The van der Waals surface area contributed by atoms with Crippen LogP contribution in [0, 0.1) is 17.2 Å². The van der Waals surface area contributed by atoms with Gasteiger partial charge in [-0.3, -0.25) is 9.78 Å². The molecule has 1 N–H and O–H groups in total. The molecule has 96 valence electrons. The standard InChI is InChI=1S/C13H18N4O/c1-4-17(9-10(2)7-14)13(18)11-8-16-6-5-12(11)15-3/h5-6,8,10H,4,9H2,1-3H3,(H,15,16). The summed E-state index contributed by atoms with van der Waals surface area (Å²) in [6.07, 6.45) is 3.19. The van der Waals surface area contributed by atoms with Gasteiger partial charge >= 0.3 is 0 Å².